The van der Waals surface area contributed by atoms with Gasteiger partial charge in [-0.2, -0.15) is 0 Å². The van der Waals surface area contributed by atoms with Gasteiger partial charge in [0.25, 0.3) is 0 Å². The lowest BCUT2D eigenvalue weighted by Gasteiger charge is -2.36. The molecule has 2 saturated heterocycles. The van der Waals surface area contributed by atoms with Crippen LogP contribution in [0, 0.1) is 5.92 Å². The van der Waals surface area contributed by atoms with Gasteiger partial charge in [-0.3, -0.25) is 86.3 Å². The van der Waals surface area contributed by atoms with Crippen LogP contribution in [0.2, 0.25) is 0 Å². The van der Waals surface area contributed by atoms with E-state index in [-0.39, 0.29) is 76.7 Å². The van der Waals surface area contributed by atoms with E-state index in [1.165, 1.54) is 47.6 Å². The fraction of sp³-hybridized carbons (Fsp3) is 0.506. The number of rotatable bonds is 24. The molecule has 17 amide bonds. The molecule has 42 heteroatoms. The van der Waals surface area contributed by atoms with Crippen molar-refractivity contribution < 1.29 is 96.5 Å². The number of aromatic nitrogens is 4. The zero-order valence-electron chi connectivity index (χ0n) is 73.7. The third-order valence-electron chi connectivity index (χ3n) is 22.5. The number of para-hydroxylation sites is 2. The molecule has 0 saturated carbocycles. The first-order chi connectivity index (χ1) is 61.4. The molecule has 19 N–H and O–H groups in total. The number of carboxylic acid groups (broad SMARTS) is 1. The smallest absolute Gasteiger partial charge is 0.305 e. The summed E-state index contributed by atoms with van der Waals surface area (Å²) in [5, 5.41) is 48.4. The molecule has 2 fully saturated rings. The molecule has 129 heavy (non-hydrogen) atoms. The number of aromatic amines is 3. The lowest BCUT2D eigenvalue weighted by atomic mass is 10.00. The van der Waals surface area contributed by atoms with Crippen LogP contribution in [0.4, 0.5) is 0 Å². The fourth-order valence-corrected chi connectivity index (χ4v) is 16.2. The van der Waals surface area contributed by atoms with Gasteiger partial charge < -0.3 is 114 Å². The monoisotopic (exact) mass is 1810 g/mol. The number of carbonyl (C=O) groups excluding carboxylic acids is 17. The number of H-pyrrole nitrogens is 3. The highest BCUT2D eigenvalue weighted by Crippen LogP contribution is 2.26. The minimum atomic E-state index is -2.00. The van der Waals surface area contributed by atoms with E-state index in [9.17, 15) is 77.3 Å². The summed E-state index contributed by atoms with van der Waals surface area (Å²) in [7, 11) is 5.09. The summed E-state index contributed by atoms with van der Waals surface area (Å²) in [5.74, 6) is -19.4. The van der Waals surface area contributed by atoms with Crippen LogP contribution in [-0.4, -0.2) is 306 Å². The van der Waals surface area contributed by atoms with Gasteiger partial charge in [0.15, 0.2) is 0 Å². The van der Waals surface area contributed by atoms with Crippen LogP contribution in [0.25, 0.3) is 21.8 Å². The zero-order valence-corrected chi connectivity index (χ0v) is 74.6. The van der Waals surface area contributed by atoms with Crippen molar-refractivity contribution in [2.24, 2.45) is 17.4 Å². The first-order valence-electron chi connectivity index (χ1n) is 42.8. The summed E-state index contributed by atoms with van der Waals surface area (Å²) in [6.07, 6.45) is 4.55. The number of benzene rings is 3. The first kappa shape index (κ1) is 101. The molecule has 2 aliphatic heterocycles. The average Bonchev–Trinajstić information content (AvgIpc) is 1.39. The highest BCUT2D eigenvalue weighted by molar-refractivity contribution is 8.00. The second-order valence-electron chi connectivity index (χ2n) is 32.8. The van der Waals surface area contributed by atoms with Gasteiger partial charge in [-0.25, -0.2) is 4.98 Å². The number of carboxylic acids is 1. The molecule has 0 aliphatic carbocycles. The van der Waals surface area contributed by atoms with Crippen molar-refractivity contribution in [3.63, 3.8) is 0 Å². The molecule has 698 valence electrons. The Morgan fingerprint density at radius 1 is 0.535 bits per heavy atom. The number of unbranched alkanes of at least 4 members (excludes halogenated alkanes) is 2. The topological polar surface area (TPSA) is 597 Å². The number of nitrogens with zero attached hydrogens (tertiary/aromatic N) is 6. The summed E-state index contributed by atoms with van der Waals surface area (Å²) < 4.78 is 0. The van der Waals surface area contributed by atoms with E-state index in [0.29, 0.717) is 75.2 Å². The minimum absolute atomic E-state index is 0.00624. The van der Waals surface area contributed by atoms with Crippen LogP contribution in [0.3, 0.4) is 0 Å². The standard InChI is InChI=1S/C87H119N21O20S/c1-10-12-28-67-81(122)98-60(38-74(114)115)79(120)103-66(76(117)93-42-71(89)111)45-129-46-73(113)96-62(33-50-22-15-14-16-23-50)84(125)105(7)49(5)75(116)99-64(37-70(88)110)86(127)108-31-21-30-68(108)82(123)97-59(36-53-41-90-47-94-53)78(119)100-61(32-48(3)4)83(124)104(6)43-72(112)95-58(34-51-39-91-56-26-19-17-24-54(51)56)77(118)102-65(44-109)80(121)101-63(35-52-40-92-57-27-20-18-25-55(52)57)85(126)107(9)69(29-13-11-2)87(128)106(67)8/h14-20,22-27,39-41,47-49,58-69,91-92,109H,10-13,21,28-38,42-46H2,1-9H3,(H2,88,110)(H2,89,111)(H,90,94)(H,93,117)(H,95,112)(H,96,113)(H,97,123)(H,98,122)(H,99,116)(H,100,119)(H,101,121)(H,102,118)(H,103,120)(H,114,115). The van der Waals surface area contributed by atoms with Crippen molar-refractivity contribution in [3.8, 4) is 0 Å². The molecule has 0 radical (unpaired) electrons. The number of fused-ring (bicyclic) bond motifs is 3. The van der Waals surface area contributed by atoms with Gasteiger partial charge in [-0.15, -0.1) is 11.8 Å². The lowest BCUT2D eigenvalue weighted by Crippen LogP contribution is -2.61. The number of likely N-dealkylation sites (N-methyl/N-ethyl adjacent to an activating group) is 4. The minimum Gasteiger partial charge on any atom is -0.481 e. The Labute approximate surface area is 749 Å². The largest absolute Gasteiger partial charge is 0.481 e. The normalized spacial score (nSPS) is 23.8. The van der Waals surface area contributed by atoms with E-state index < -0.39 is 229 Å². The molecule has 0 spiro atoms. The lowest BCUT2D eigenvalue weighted by molar-refractivity contribution is -0.150. The zero-order chi connectivity index (χ0) is 94.5. The summed E-state index contributed by atoms with van der Waals surface area (Å²) in [6, 6.07) is 1.77. The number of aliphatic hydroxyl groups excluding tert-OH is 1. The Balaban J connectivity index is 1.17. The number of carbonyl (C=O) groups is 18. The third-order valence-corrected chi connectivity index (χ3v) is 23.6. The Hall–Kier alpha value is -13.3. The van der Waals surface area contributed by atoms with Gasteiger partial charge in [-0.1, -0.05) is 120 Å². The van der Waals surface area contributed by atoms with Crippen molar-refractivity contribution in [2.45, 2.75) is 209 Å². The predicted molar refractivity (Wildman–Crippen MR) is 473 cm³/mol. The van der Waals surface area contributed by atoms with Crippen LogP contribution >= 0.6 is 11.8 Å². The van der Waals surface area contributed by atoms with Crippen LogP contribution in [0.15, 0.2) is 104 Å². The van der Waals surface area contributed by atoms with E-state index in [4.69, 9.17) is 11.5 Å². The van der Waals surface area contributed by atoms with Crippen LogP contribution in [-0.2, 0) is 112 Å². The van der Waals surface area contributed by atoms with Crippen LogP contribution in [0.1, 0.15) is 128 Å². The predicted octanol–water partition coefficient (Wildman–Crippen LogP) is -1.93. The number of nitrogens with two attached hydrogens (primary N) is 2. The van der Waals surface area contributed by atoms with Crippen LogP contribution < -0.4 is 64.6 Å². The van der Waals surface area contributed by atoms with Crippen LogP contribution in [0.5, 0.6) is 0 Å². The highest BCUT2D eigenvalue weighted by atomic mass is 32.2. The molecule has 41 nitrogen and oxygen atoms in total. The highest BCUT2D eigenvalue weighted by Gasteiger charge is 2.44. The fourth-order valence-electron chi connectivity index (χ4n) is 15.4. The van der Waals surface area contributed by atoms with Crippen molar-refractivity contribution in [3.05, 3.63) is 126 Å². The molecule has 6 aromatic rings. The van der Waals surface area contributed by atoms with Crippen molar-refractivity contribution >= 4 is 140 Å². The molecule has 5 heterocycles. The maximum Gasteiger partial charge on any atom is 0.305 e. The van der Waals surface area contributed by atoms with Crippen molar-refractivity contribution in [1.82, 2.24) is 97.6 Å². The molecule has 2 aliphatic rings. The summed E-state index contributed by atoms with van der Waals surface area (Å²) in [6.45, 7) is 5.71. The van der Waals surface area contributed by atoms with Crippen molar-refractivity contribution in [1.29, 1.82) is 0 Å². The van der Waals surface area contributed by atoms with Gasteiger partial charge in [0.1, 0.15) is 78.5 Å². The Kier molecular flexibility index (Phi) is 38.1. The van der Waals surface area contributed by atoms with Gasteiger partial charge in [-0.05, 0) is 73.8 Å². The van der Waals surface area contributed by atoms with E-state index in [2.05, 4.69) is 73.1 Å². The van der Waals surface area contributed by atoms with E-state index >= 15 is 19.2 Å². The SMILES string of the molecule is CCCCC1C(=O)N(C)C(CCCC)C(=O)NC(CC(=O)O)C(=O)NC(C(=O)NCC(N)=O)CSCC(=O)NC(Cc2ccccc2)C(=O)N(C)C(C)C(=O)NC(CC(N)=O)C(=O)N2CCCC2C(=O)NC(Cc2cnc[nH]2)C(=O)NC(CC(C)C)C(=O)N(C)CC(=O)NC(Cc2c[nH]c3ccccc23)C(=O)NC(CO)C(=O)NC(Cc2c[nH]c3ccccc23)C(=O)N1C. The van der Waals surface area contributed by atoms with Gasteiger partial charge >= 0.3 is 5.97 Å². The second-order valence-corrected chi connectivity index (χ2v) is 33.8. The van der Waals surface area contributed by atoms with Crippen molar-refractivity contribution in [2.75, 3.05) is 65.9 Å². The van der Waals surface area contributed by atoms with E-state index in [0.717, 1.165) is 24.5 Å². The maximum atomic E-state index is 15.6. The molecular weight excluding hydrogens is 1690 g/mol. The number of hydrogen-bond donors (Lipinski definition) is 17. The third kappa shape index (κ3) is 28.9. The Morgan fingerprint density at radius 2 is 1.06 bits per heavy atom. The first-order valence-corrected chi connectivity index (χ1v) is 44.0. The average molecular weight is 1810 g/mol. The number of hydrogen-bond acceptors (Lipinski definition) is 21. The molecule has 13 atom stereocenters. The van der Waals surface area contributed by atoms with Gasteiger partial charge in [0.05, 0.1) is 44.6 Å². The molecule has 3 aromatic carbocycles. The molecule has 13 unspecified atom stereocenters. The number of primary amides is 2. The van der Waals surface area contributed by atoms with Gasteiger partial charge in [0, 0.05) is 112 Å². The number of amides is 17. The molecule has 8 rings (SSSR count). The number of nitrogens with one attached hydrogen (secondary N) is 13. The molecular formula is C87H119N21O20S. The summed E-state index contributed by atoms with van der Waals surface area (Å²) >= 11 is 0.715. The quantitative estimate of drug-likeness (QED) is 0.0314. The number of thioether (sulfide) groups is 1. The maximum absolute atomic E-state index is 15.6. The Morgan fingerprint density at radius 3 is 1.65 bits per heavy atom. The summed E-state index contributed by atoms with van der Waals surface area (Å²) in [4.78, 5) is 278. The summed E-state index contributed by atoms with van der Waals surface area (Å²) in [5.41, 5.74) is 14.2. The van der Waals surface area contributed by atoms with E-state index in [1.807, 2.05) is 6.92 Å². The number of imidazole rings is 1. The molecule has 3 aromatic heterocycles. The molecule has 0 bridgehead atoms. The van der Waals surface area contributed by atoms with Gasteiger partial charge in [0.2, 0.25) is 100 Å². The second kappa shape index (κ2) is 48.6. The number of aliphatic carboxylic acids is 1. The van der Waals surface area contributed by atoms with E-state index in [1.54, 1.807) is 112 Å². The Bertz CT molecular complexity index is 4990. The number of aliphatic hydroxyl groups is 1.